The lowest BCUT2D eigenvalue weighted by Gasteiger charge is -2.38. The molecule has 0 aliphatic carbocycles. The van der Waals surface area contributed by atoms with Crippen LogP contribution < -0.4 is 4.90 Å². The van der Waals surface area contributed by atoms with E-state index in [4.69, 9.17) is 0 Å². The van der Waals surface area contributed by atoms with Gasteiger partial charge in [0.2, 0.25) is 0 Å². The van der Waals surface area contributed by atoms with Crippen molar-refractivity contribution in [2.75, 3.05) is 11.4 Å². The van der Waals surface area contributed by atoms with E-state index in [1.165, 1.54) is 43.5 Å². The van der Waals surface area contributed by atoms with Crippen molar-refractivity contribution in [2.45, 2.75) is 45.6 Å². The highest BCUT2D eigenvalue weighted by atomic mass is 15.2. The van der Waals surface area contributed by atoms with Gasteiger partial charge in [0, 0.05) is 18.3 Å². The van der Waals surface area contributed by atoms with Gasteiger partial charge in [-0.2, -0.15) is 0 Å². The van der Waals surface area contributed by atoms with Gasteiger partial charge in [0.15, 0.2) is 0 Å². The fourth-order valence-electron chi connectivity index (χ4n) is 2.63. The van der Waals surface area contributed by atoms with Gasteiger partial charge >= 0.3 is 0 Å². The van der Waals surface area contributed by atoms with Gasteiger partial charge in [0.05, 0.1) is 0 Å². The summed E-state index contributed by atoms with van der Waals surface area (Å²) in [4.78, 5) is 2.61. The molecular formula is C14H21N. The van der Waals surface area contributed by atoms with E-state index in [2.05, 4.69) is 43.0 Å². The Bertz CT molecular complexity index is 319. The van der Waals surface area contributed by atoms with E-state index in [1.807, 2.05) is 0 Å². The van der Waals surface area contributed by atoms with Crippen molar-refractivity contribution in [3.63, 3.8) is 0 Å². The van der Waals surface area contributed by atoms with Crippen molar-refractivity contribution in [1.29, 1.82) is 0 Å². The molecule has 0 aromatic heterocycles. The first-order valence-electron chi connectivity index (χ1n) is 6.15. The molecule has 82 valence electrons. The van der Waals surface area contributed by atoms with E-state index in [0.29, 0.717) is 0 Å². The Morgan fingerprint density at radius 2 is 2.07 bits per heavy atom. The van der Waals surface area contributed by atoms with Gasteiger partial charge in [-0.3, -0.25) is 0 Å². The standard InChI is InChI=1S/C14H21N/c1-3-13-9-6-7-11-15(13)14-10-5-4-8-12(14)2/h4-5,8,10,13H,3,6-7,9,11H2,1-2H3. The van der Waals surface area contributed by atoms with E-state index >= 15 is 0 Å². The molecule has 1 heteroatoms. The zero-order valence-corrected chi connectivity index (χ0v) is 9.87. The molecule has 1 aromatic carbocycles. The fourth-order valence-corrected chi connectivity index (χ4v) is 2.63. The Kier molecular flexibility index (Phi) is 3.30. The second kappa shape index (κ2) is 4.69. The van der Waals surface area contributed by atoms with Crippen LogP contribution in [0.5, 0.6) is 0 Å². The number of hydrogen-bond donors (Lipinski definition) is 0. The maximum Gasteiger partial charge on any atom is 0.0398 e. The minimum Gasteiger partial charge on any atom is -0.368 e. The molecule has 1 nitrogen and oxygen atoms in total. The summed E-state index contributed by atoms with van der Waals surface area (Å²) < 4.78 is 0. The minimum atomic E-state index is 0.764. The lowest BCUT2D eigenvalue weighted by atomic mass is 9.98. The average Bonchev–Trinajstić information content (AvgIpc) is 2.30. The van der Waals surface area contributed by atoms with Crippen LogP contribution in [-0.2, 0) is 0 Å². The molecule has 2 rings (SSSR count). The number of piperidine rings is 1. The Morgan fingerprint density at radius 1 is 1.27 bits per heavy atom. The van der Waals surface area contributed by atoms with Crippen molar-refractivity contribution in [2.24, 2.45) is 0 Å². The molecule has 0 bridgehead atoms. The SMILES string of the molecule is CCC1CCCCN1c1ccccc1C. The molecule has 1 unspecified atom stereocenters. The predicted octanol–water partition coefficient (Wildman–Crippen LogP) is 3.76. The number of benzene rings is 1. The van der Waals surface area contributed by atoms with Crippen LogP contribution in [0.3, 0.4) is 0 Å². The molecule has 0 spiro atoms. The highest BCUT2D eigenvalue weighted by molar-refractivity contribution is 5.54. The van der Waals surface area contributed by atoms with Crippen molar-refractivity contribution in [1.82, 2.24) is 0 Å². The number of anilines is 1. The van der Waals surface area contributed by atoms with Gasteiger partial charge in [0.25, 0.3) is 0 Å². The molecule has 15 heavy (non-hydrogen) atoms. The number of nitrogens with zero attached hydrogens (tertiary/aromatic N) is 1. The molecule has 1 aliphatic heterocycles. The first kappa shape index (κ1) is 10.5. The van der Waals surface area contributed by atoms with Crippen molar-refractivity contribution in [3.05, 3.63) is 29.8 Å². The van der Waals surface area contributed by atoms with Gasteiger partial charge in [-0.25, -0.2) is 0 Å². The maximum atomic E-state index is 2.61. The molecular weight excluding hydrogens is 182 g/mol. The van der Waals surface area contributed by atoms with E-state index in [9.17, 15) is 0 Å². The first-order chi connectivity index (χ1) is 7.33. The van der Waals surface area contributed by atoms with Crippen molar-refractivity contribution < 1.29 is 0 Å². The smallest absolute Gasteiger partial charge is 0.0398 e. The summed E-state index contributed by atoms with van der Waals surface area (Å²) in [5, 5.41) is 0. The molecule has 0 N–H and O–H groups in total. The third-order valence-corrected chi connectivity index (χ3v) is 3.52. The van der Waals surface area contributed by atoms with Crippen LogP contribution >= 0.6 is 0 Å². The normalized spacial score (nSPS) is 21.7. The lowest BCUT2D eigenvalue weighted by molar-refractivity contribution is 0.449. The quantitative estimate of drug-likeness (QED) is 0.707. The molecule has 0 amide bonds. The highest BCUT2D eigenvalue weighted by Gasteiger charge is 2.21. The Hall–Kier alpha value is -0.980. The predicted molar refractivity (Wildman–Crippen MR) is 66.5 cm³/mol. The zero-order valence-electron chi connectivity index (χ0n) is 9.87. The molecule has 1 fully saturated rings. The first-order valence-corrected chi connectivity index (χ1v) is 6.15. The minimum absolute atomic E-state index is 0.764. The molecule has 0 saturated carbocycles. The summed E-state index contributed by atoms with van der Waals surface area (Å²) in [6.07, 6.45) is 5.39. The molecule has 0 radical (unpaired) electrons. The summed E-state index contributed by atoms with van der Waals surface area (Å²) in [7, 11) is 0. The molecule has 1 heterocycles. The summed E-state index contributed by atoms with van der Waals surface area (Å²) in [5.41, 5.74) is 2.86. The third kappa shape index (κ3) is 2.17. The average molecular weight is 203 g/mol. The van der Waals surface area contributed by atoms with Gasteiger partial charge in [-0.05, 0) is 44.2 Å². The van der Waals surface area contributed by atoms with Crippen molar-refractivity contribution in [3.8, 4) is 0 Å². The van der Waals surface area contributed by atoms with Crippen LogP contribution in [0, 0.1) is 6.92 Å². The van der Waals surface area contributed by atoms with E-state index in [1.54, 1.807) is 0 Å². The van der Waals surface area contributed by atoms with Gasteiger partial charge in [-0.1, -0.05) is 25.1 Å². The highest BCUT2D eigenvalue weighted by Crippen LogP contribution is 2.28. The molecule has 1 atom stereocenters. The van der Waals surface area contributed by atoms with Crippen LogP contribution in [-0.4, -0.2) is 12.6 Å². The number of hydrogen-bond acceptors (Lipinski definition) is 1. The summed E-state index contributed by atoms with van der Waals surface area (Å²) in [5.74, 6) is 0. The van der Waals surface area contributed by atoms with Crippen LogP contribution in [0.4, 0.5) is 5.69 Å². The Morgan fingerprint density at radius 3 is 2.80 bits per heavy atom. The second-order valence-corrected chi connectivity index (χ2v) is 4.54. The topological polar surface area (TPSA) is 3.24 Å². The molecule has 1 aliphatic rings. The van der Waals surface area contributed by atoms with Gasteiger partial charge < -0.3 is 4.90 Å². The van der Waals surface area contributed by atoms with Gasteiger partial charge in [-0.15, -0.1) is 0 Å². The third-order valence-electron chi connectivity index (χ3n) is 3.52. The fraction of sp³-hybridized carbons (Fsp3) is 0.571. The zero-order chi connectivity index (χ0) is 10.7. The summed E-state index contributed by atoms with van der Waals surface area (Å²) >= 11 is 0. The Balaban J connectivity index is 2.24. The van der Waals surface area contributed by atoms with Crippen LogP contribution in [0.2, 0.25) is 0 Å². The summed E-state index contributed by atoms with van der Waals surface area (Å²) in [6, 6.07) is 9.53. The van der Waals surface area contributed by atoms with E-state index in [-0.39, 0.29) is 0 Å². The monoisotopic (exact) mass is 203 g/mol. The Labute approximate surface area is 93.1 Å². The van der Waals surface area contributed by atoms with Gasteiger partial charge in [0.1, 0.15) is 0 Å². The van der Waals surface area contributed by atoms with E-state index in [0.717, 1.165) is 6.04 Å². The molecule has 1 saturated heterocycles. The number of rotatable bonds is 2. The summed E-state index contributed by atoms with van der Waals surface area (Å²) in [6.45, 7) is 5.77. The van der Waals surface area contributed by atoms with Crippen molar-refractivity contribution >= 4 is 5.69 Å². The van der Waals surface area contributed by atoms with Crippen LogP contribution in [0.1, 0.15) is 38.2 Å². The van der Waals surface area contributed by atoms with Crippen LogP contribution in [0.25, 0.3) is 0 Å². The largest absolute Gasteiger partial charge is 0.368 e. The lowest BCUT2D eigenvalue weighted by Crippen LogP contribution is -2.39. The number of aryl methyl sites for hydroxylation is 1. The van der Waals surface area contributed by atoms with E-state index < -0.39 is 0 Å². The van der Waals surface area contributed by atoms with Crippen LogP contribution in [0.15, 0.2) is 24.3 Å². The second-order valence-electron chi connectivity index (χ2n) is 4.54. The number of para-hydroxylation sites is 1. The molecule has 1 aromatic rings. The maximum absolute atomic E-state index is 2.61.